The van der Waals surface area contributed by atoms with Crippen LogP contribution in [0, 0.1) is 0 Å². The summed E-state index contributed by atoms with van der Waals surface area (Å²) in [6.07, 6.45) is 2.75. The van der Waals surface area contributed by atoms with E-state index in [0.29, 0.717) is 61.6 Å². The number of aliphatic hydroxyl groups excluding tert-OH is 1. The van der Waals surface area contributed by atoms with Crippen molar-refractivity contribution in [2.45, 2.75) is 55.9 Å². The van der Waals surface area contributed by atoms with Gasteiger partial charge in [-0.25, -0.2) is 23.2 Å². The highest BCUT2D eigenvalue weighted by atomic mass is 32.2. The van der Waals surface area contributed by atoms with E-state index in [1.165, 1.54) is 0 Å². The van der Waals surface area contributed by atoms with Crippen LogP contribution in [0.25, 0.3) is 11.4 Å². The lowest BCUT2D eigenvalue weighted by Crippen LogP contribution is -2.46. The number of anilines is 2. The van der Waals surface area contributed by atoms with Crippen LogP contribution in [-0.4, -0.2) is 86.9 Å². The maximum Gasteiger partial charge on any atom is 0.319 e. The number of ether oxygens (including phenoxy) is 2. The molecule has 0 radical (unpaired) electrons. The molecule has 3 aliphatic rings. The lowest BCUT2D eigenvalue weighted by atomic mass is 9.94. The van der Waals surface area contributed by atoms with Crippen molar-refractivity contribution in [2.75, 3.05) is 55.5 Å². The van der Waals surface area contributed by atoms with Crippen LogP contribution in [0.2, 0.25) is 0 Å². The lowest BCUT2D eigenvalue weighted by molar-refractivity contribution is 0.0729. The van der Waals surface area contributed by atoms with Gasteiger partial charge in [-0.1, -0.05) is 0 Å². The Bertz CT molecular complexity index is 1260. The first-order valence-corrected chi connectivity index (χ1v) is 15.3. The molecule has 11 nitrogen and oxygen atoms in total. The van der Waals surface area contributed by atoms with Crippen LogP contribution in [0.3, 0.4) is 0 Å². The number of sulfone groups is 1. The Kier molecular flexibility index (Phi) is 8.36. The van der Waals surface area contributed by atoms with Crippen molar-refractivity contribution < 1.29 is 27.8 Å². The highest BCUT2D eigenvalue weighted by Gasteiger charge is 2.48. The summed E-state index contributed by atoms with van der Waals surface area (Å²) < 4.78 is 37.5. The van der Waals surface area contributed by atoms with Crippen LogP contribution in [0.15, 0.2) is 30.3 Å². The van der Waals surface area contributed by atoms with Crippen molar-refractivity contribution in [3.8, 4) is 11.4 Å². The third kappa shape index (κ3) is 6.19. The molecule has 5 rings (SSSR count). The molecule has 3 fully saturated rings. The number of hydrogen-bond donors (Lipinski definition) is 3. The number of benzene rings is 1. The maximum atomic E-state index is 13.8. The first-order valence-electron chi connectivity index (χ1n) is 13.6. The van der Waals surface area contributed by atoms with Gasteiger partial charge in [0.1, 0.15) is 10.6 Å². The number of morpholine rings is 1. The van der Waals surface area contributed by atoms with Gasteiger partial charge < -0.3 is 30.1 Å². The van der Waals surface area contributed by atoms with Crippen LogP contribution < -0.4 is 15.5 Å². The summed E-state index contributed by atoms with van der Waals surface area (Å²) in [7, 11) is -3.67. The Morgan fingerprint density at radius 2 is 1.87 bits per heavy atom. The third-order valence-electron chi connectivity index (χ3n) is 7.62. The zero-order valence-corrected chi connectivity index (χ0v) is 23.1. The molecule has 1 aromatic carbocycles. The third-order valence-corrected chi connectivity index (χ3v) is 10.3. The van der Waals surface area contributed by atoms with Gasteiger partial charge in [-0.3, -0.25) is 0 Å². The molecule has 1 aliphatic carbocycles. The molecule has 12 heteroatoms. The van der Waals surface area contributed by atoms with Gasteiger partial charge in [-0.15, -0.1) is 0 Å². The fraction of sp³-hybridized carbons (Fsp3) is 0.593. The lowest BCUT2D eigenvalue weighted by Gasteiger charge is -2.38. The van der Waals surface area contributed by atoms with Crippen LogP contribution in [-0.2, 0) is 24.1 Å². The van der Waals surface area contributed by atoms with Gasteiger partial charge in [0, 0.05) is 49.7 Å². The van der Waals surface area contributed by atoms with E-state index in [2.05, 4.69) is 22.5 Å². The molecule has 1 aromatic heterocycles. The highest BCUT2D eigenvalue weighted by molar-refractivity contribution is 7.92. The topological polar surface area (TPSA) is 143 Å². The highest BCUT2D eigenvalue weighted by Crippen LogP contribution is 2.42. The quantitative estimate of drug-likeness (QED) is 0.422. The van der Waals surface area contributed by atoms with Gasteiger partial charge in [-0.05, 0) is 63.3 Å². The molecule has 0 spiro atoms. The minimum absolute atomic E-state index is 0.0579. The van der Waals surface area contributed by atoms with Crippen molar-refractivity contribution >= 4 is 27.4 Å². The van der Waals surface area contributed by atoms with E-state index in [9.17, 15) is 18.3 Å². The molecule has 0 bridgehead atoms. The van der Waals surface area contributed by atoms with Crippen LogP contribution in [0.4, 0.5) is 16.3 Å². The number of urea groups is 1. The number of carbonyl (C=O) groups excluding carboxylic acids is 1. The average Bonchev–Trinajstić information content (AvgIpc) is 3.76. The number of nitrogens with zero attached hydrogens (tertiary/aromatic N) is 3. The molecule has 0 unspecified atom stereocenters. The fourth-order valence-electron chi connectivity index (χ4n) is 5.17. The Morgan fingerprint density at radius 1 is 1.13 bits per heavy atom. The Morgan fingerprint density at radius 3 is 2.54 bits per heavy atom. The van der Waals surface area contributed by atoms with Crippen molar-refractivity contribution in [3.05, 3.63) is 36.0 Å². The summed E-state index contributed by atoms with van der Waals surface area (Å²) in [6.45, 7) is 4.20. The SMILES string of the molecule is C[C@H]1COCCN1c1cc(C2(S(=O)(=O)CCCO)CCOCC2)nc(-c2ccc(NC(=O)NC3CC3)cc2)n1. The van der Waals surface area contributed by atoms with Gasteiger partial charge in [0.25, 0.3) is 0 Å². The van der Waals surface area contributed by atoms with E-state index in [1.807, 2.05) is 18.2 Å². The fourth-order valence-corrected chi connectivity index (χ4v) is 7.28. The second-order valence-electron chi connectivity index (χ2n) is 10.5. The standard InChI is InChI=1S/C27H37N5O6S/c1-19-18-38-15-11-32(19)24-17-23(27(9-13-37-14-10-27)39(35,36)16-2-12-33)30-25(31-24)20-3-5-21(6-4-20)28-26(34)29-22-7-8-22/h3-6,17,19,22,33H,2,7-16,18H2,1H3,(H2,28,29,34)/t19-/m0/s1. The maximum absolute atomic E-state index is 13.8. The molecular formula is C27H37N5O6S. The van der Waals surface area contributed by atoms with Crippen LogP contribution >= 0.6 is 0 Å². The predicted octanol–water partition coefficient (Wildman–Crippen LogP) is 2.46. The number of amides is 2. The van der Waals surface area contributed by atoms with E-state index < -0.39 is 14.6 Å². The summed E-state index contributed by atoms with van der Waals surface area (Å²) in [6, 6.07) is 9.13. The van der Waals surface area contributed by atoms with E-state index >= 15 is 0 Å². The molecule has 3 N–H and O–H groups in total. The van der Waals surface area contributed by atoms with Crippen LogP contribution in [0.1, 0.15) is 44.7 Å². The Hall–Kier alpha value is -2.80. The molecule has 2 saturated heterocycles. The predicted molar refractivity (Wildman–Crippen MR) is 147 cm³/mol. The Balaban J connectivity index is 1.54. The molecule has 1 saturated carbocycles. The molecule has 39 heavy (non-hydrogen) atoms. The van der Waals surface area contributed by atoms with E-state index in [1.54, 1.807) is 12.1 Å². The minimum atomic E-state index is -3.67. The van der Waals surface area contributed by atoms with Crippen molar-refractivity contribution in [1.82, 2.24) is 15.3 Å². The summed E-state index contributed by atoms with van der Waals surface area (Å²) in [5.74, 6) is 0.938. The molecule has 2 amide bonds. The summed E-state index contributed by atoms with van der Waals surface area (Å²) in [5, 5.41) is 15.1. The van der Waals surface area contributed by atoms with Gasteiger partial charge in [0.05, 0.1) is 30.7 Å². The van der Waals surface area contributed by atoms with Crippen LogP contribution in [0.5, 0.6) is 0 Å². The minimum Gasteiger partial charge on any atom is -0.396 e. The smallest absolute Gasteiger partial charge is 0.319 e. The summed E-state index contributed by atoms with van der Waals surface area (Å²) >= 11 is 0. The zero-order chi connectivity index (χ0) is 27.5. The Labute approximate surface area is 229 Å². The van der Waals surface area contributed by atoms with Crippen molar-refractivity contribution in [3.63, 3.8) is 0 Å². The van der Waals surface area contributed by atoms with Gasteiger partial charge >= 0.3 is 6.03 Å². The number of rotatable bonds is 9. The molecule has 1 atom stereocenters. The van der Waals surface area contributed by atoms with Crippen molar-refractivity contribution in [1.29, 1.82) is 0 Å². The molecule has 212 valence electrons. The summed E-state index contributed by atoms with van der Waals surface area (Å²) in [4.78, 5) is 24.0. The largest absolute Gasteiger partial charge is 0.396 e. The van der Waals surface area contributed by atoms with Crippen molar-refractivity contribution in [2.24, 2.45) is 0 Å². The first-order chi connectivity index (χ1) is 18.8. The molecule has 3 heterocycles. The molecule has 2 aromatic rings. The average molecular weight is 560 g/mol. The number of aliphatic hydroxyl groups is 1. The second kappa shape index (κ2) is 11.7. The molecule has 2 aliphatic heterocycles. The monoisotopic (exact) mass is 559 g/mol. The zero-order valence-electron chi connectivity index (χ0n) is 22.3. The van der Waals surface area contributed by atoms with E-state index in [0.717, 1.165) is 12.8 Å². The second-order valence-corrected chi connectivity index (χ2v) is 12.9. The molecular weight excluding hydrogens is 522 g/mol. The van der Waals surface area contributed by atoms with E-state index in [4.69, 9.17) is 19.4 Å². The normalized spacial score (nSPS) is 21.4. The summed E-state index contributed by atoms with van der Waals surface area (Å²) in [5.41, 5.74) is 1.80. The van der Waals surface area contributed by atoms with E-state index in [-0.39, 0.29) is 49.7 Å². The van der Waals surface area contributed by atoms with Gasteiger partial charge in [-0.2, -0.15) is 0 Å². The number of nitrogens with one attached hydrogen (secondary N) is 2. The number of aromatic nitrogens is 2. The van der Waals surface area contributed by atoms with Gasteiger partial charge in [0.15, 0.2) is 15.7 Å². The van der Waals surface area contributed by atoms with Gasteiger partial charge in [0.2, 0.25) is 0 Å². The number of hydrogen-bond acceptors (Lipinski definition) is 9. The first kappa shape index (κ1) is 27.8. The number of carbonyl (C=O) groups is 1.